The Labute approximate surface area is 87.7 Å². The van der Waals surface area contributed by atoms with Crippen molar-refractivity contribution in [3.05, 3.63) is 18.5 Å². The van der Waals surface area contributed by atoms with Crippen molar-refractivity contribution in [1.29, 1.82) is 0 Å². The number of rotatable bonds is 4. The number of likely N-dealkylation sites (N-methyl/N-ethyl adjacent to an activating group) is 1. The first-order valence-corrected chi connectivity index (χ1v) is 4.54. The fourth-order valence-corrected chi connectivity index (χ4v) is 1.25. The number of carbonyl (C=O) groups excluding carboxylic acids is 2. The smallest absolute Gasteiger partial charge is 0.247 e. The minimum atomic E-state index is -0.529. The standard InChI is InChI=1S/C9H14N4O2/c1-7(13-5-3-4-11-13)9(15)12(2)6-8(10)14/h3-5,7H,6H2,1-2H3,(H2,10,14). The molecule has 0 aliphatic heterocycles. The lowest BCUT2D eigenvalue weighted by atomic mass is 10.3. The van der Waals surface area contributed by atoms with E-state index in [1.54, 1.807) is 25.4 Å². The van der Waals surface area contributed by atoms with Gasteiger partial charge in [0.2, 0.25) is 11.8 Å². The van der Waals surface area contributed by atoms with E-state index in [1.165, 1.54) is 16.6 Å². The van der Waals surface area contributed by atoms with Crippen LogP contribution in [0.1, 0.15) is 13.0 Å². The van der Waals surface area contributed by atoms with Crippen LogP contribution in [0.2, 0.25) is 0 Å². The molecular weight excluding hydrogens is 196 g/mol. The fourth-order valence-electron chi connectivity index (χ4n) is 1.25. The zero-order chi connectivity index (χ0) is 11.4. The molecule has 2 N–H and O–H groups in total. The molecule has 0 saturated carbocycles. The zero-order valence-corrected chi connectivity index (χ0v) is 8.75. The predicted molar refractivity (Wildman–Crippen MR) is 53.8 cm³/mol. The third-order valence-electron chi connectivity index (χ3n) is 2.05. The number of nitrogens with zero attached hydrogens (tertiary/aromatic N) is 3. The van der Waals surface area contributed by atoms with E-state index >= 15 is 0 Å². The molecule has 1 aromatic heterocycles. The van der Waals surface area contributed by atoms with Crippen LogP contribution in [0, 0.1) is 0 Å². The van der Waals surface area contributed by atoms with Crippen LogP contribution in [0.3, 0.4) is 0 Å². The van der Waals surface area contributed by atoms with E-state index in [9.17, 15) is 9.59 Å². The highest BCUT2D eigenvalue weighted by Gasteiger charge is 2.19. The molecule has 82 valence electrons. The van der Waals surface area contributed by atoms with Crippen molar-refractivity contribution in [3.63, 3.8) is 0 Å². The number of hydrogen-bond donors (Lipinski definition) is 1. The number of amides is 2. The molecule has 0 fully saturated rings. The monoisotopic (exact) mass is 210 g/mol. The van der Waals surface area contributed by atoms with Crippen molar-refractivity contribution in [2.75, 3.05) is 13.6 Å². The topological polar surface area (TPSA) is 81.2 Å². The Morgan fingerprint density at radius 1 is 1.60 bits per heavy atom. The summed E-state index contributed by atoms with van der Waals surface area (Å²) in [5.74, 6) is -0.726. The van der Waals surface area contributed by atoms with Gasteiger partial charge in [-0.15, -0.1) is 0 Å². The van der Waals surface area contributed by atoms with Crippen molar-refractivity contribution < 1.29 is 9.59 Å². The van der Waals surface area contributed by atoms with Gasteiger partial charge in [-0.25, -0.2) is 0 Å². The highest BCUT2D eigenvalue weighted by Crippen LogP contribution is 2.06. The van der Waals surface area contributed by atoms with Gasteiger partial charge in [0.05, 0.1) is 6.54 Å². The summed E-state index contributed by atoms with van der Waals surface area (Å²) in [5, 5.41) is 3.95. The molecular formula is C9H14N4O2. The maximum absolute atomic E-state index is 11.7. The lowest BCUT2D eigenvalue weighted by molar-refractivity contribution is -0.136. The van der Waals surface area contributed by atoms with Crippen molar-refractivity contribution in [2.45, 2.75) is 13.0 Å². The lowest BCUT2D eigenvalue weighted by Gasteiger charge is -2.19. The van der Waals surface area contributed by atoms with Crippen LogP contribution in [0.25, 0.3) is 0 Å². The van der Waals surface area contributed by atoms with Gasteiger partial charge in [-0.2, -0.15) is 5.10 Å². The normalized spacial score (nSPS) is 12.1. The zero-order valence-electron chi connectivity index (χ0n) is 8.75. The molecule has 0 aliphatic rings. The molecule has 1 heterocycles. The van der Waals surface area contributed by atoms with E-state index in [4.69, 9.17) is 5.73 Å². The Hall–Kier alpha value is -1.85. The maximum Gasteiger partial charge on any atom is 0.247 e. The van der Waals surface area contributed by atoms with Crippen LogP contribution >= 0.6 is 0 Å². The minimum absolute atomic E-state index is 0.0789. The minimum Gasteiger partial charge on any atom is -0.368 e. The van der Waals surface area contributed by atoms with Gasteiger partial charge < -0.3 is 10.6 Å². The summed E-state index contributed by atoms with van der Waals surface area (Å²) in [7, 11) is 1.53. The molecule has 15 heavy (non-hydrogen) atoms. The van der Waals surface area contributed by atoms with Crippen LogP contribution in [0.15, 0.2) is 18.5 Å². The molecule has 1 aromatic rings. The highest BCUT2D eigenvalue weighted by atomic mass is 16.2. The molecule has 6 heteroatoms. The second-order valence-corrected chi connectivity index (χ2v) is 3.32. The molecule has 0 radical (unpaired) electrons. The van der Waals surface area contributed by atoms with E-state index in [0.717, 1.165) is 0 Å². The Kier molecular flexibility index (Phi) is 3.43. The number of aromatic nitrogens is 2. The molecule has 0 aromatic carbocycles. The van der Waals surface area contributed by atoms with Gasteiger partial charge in [-0.05, 0) is 13.0 Å². The van der Waals surface area contributed by atoms with E-state index in [-0.39, 0.29) is 12.5 Å². The Morgan fingerprint density at radius 2 is 2.27 bits per heavy atom. The molecule has 1 rings (SSSR count). The van der Waals surface area contributed by atoms with E-state index in [1.807, 2.05) is 0 Å². The van der Waals surface area contributed by atoms with Gasteiger partial charge in [-0.1, -0.05) is 0 Å². The third kappa shape index (κ3) is 2.80. The average Bonchev–Trinajstić information content (AvgIpc) is 2.67. The van der Waals surface area contributed by atoms with Crippen LogP contribution in [-0.2, 0) is 9.59 Å². The second-order valence-electron chi connectivity index (χ2n) is 3.32. The molecule has 6 nitrogen and oxygen atoms in total. The fraction of sp³-hybridized carbons (Fsp3) is 0.444. The van der Waals surface area contributed by atoms with Crippen LogP contribution in [0.5, 0.6) is 0 Å². The Bertz CT molecular complexity index is 347. The van der Waals surface area contributed by atoms with E-state index in [2.05, 4.69) is 5.10 Å². The summed E-state index contributed by atoms with van der Waals surface area (Å²) in [6, 6.07) is 1.31. The second kappa shape index (κ2) is 4.59. The van der Waals surface area contributed by atoms with Crippen molar-refractivity contribution in [3.8, 4) is 0 Å². The van der Waals surface area contributed by atoms with Gasteiger partial charge in [0.1, 0.15) is 6.04 Å². The first-order chi connectivity index (χ1) is 7.02. The summed E-state index contributed by atoms with van der Waals surface area (Å²) in [6.07, 6.45) is 3.29. The maximum atomic E-state index is 11.7. The van der Waals surface area contributed by atoms with Crippen molar-refractivity contribution in [1.82, 2.24) is 14.7 Å². The number of nitrogens with two attached hydrogens (primary N) is 1. The Morgan fingerprint density at radius 3 is 2.73 bits per heavy atom. The summed E-state index contributed by atoms with van der Waals surface area (Å²) >= 11 is 0. The molecule has 2 amide bonds. The van der Waals surface area contributed by atoms with Crippen LogP contribution in [-0.4, -0.2) is 40.1 Å². The van der Waals surface area contributed by atoms with Gasteiger partial charge in [0, 0.05) is 19.4 Å². The first kappa shape index (κ1) is 11.2. The van der Waals surface area contributed by atoms with Crippen LogP contribution < -0.4 is 5.73 Å². The van der Waals surface area contributed by atoms with Crippen molar-refractivity contribution >= 4 is 11.8 Å². The molecule has 0 aliphatic carbocycles. The highest BCUT2D eigenvalue weighted by molar-refractivity contribution is 5.85. The molecule has 1 atom stereocenters. The van der Waals surface area contributed by atoms with Crippen molar-refractivity contribution in [2.24, 2.45) is 5.73 Å². The summed E-state index contributed by atoms with van der Waals surface area (Å²) < 4.78 is 1.53. The first-order valence-electron chi connectivity index (χ1n) is 4.54. The van der Waals surface area contributed by atoms with E-state index in [0.29, 0.717) is 0 Å². The predicted octanol–water partition coefficient (Wildman–Crippen LogP) is -0.612. The van der Waals surface area contributed by atoms with Gasteiger partial charge in [0.25, 0.3) is 0 Å². The van der Waals surface area contributed by atoms with Gasteiger partial charge in [-0.3, -0.25) is 14.3 Å². The molecule has 0 spiro atoms. The summed E-state index contributed by atoms with van der Waals surface area (Å²) in [4.78, 5) is 23.6. The molecule has 1 unspecified atom stereocenters. The molecule has 0 bridgehead atoms. The SMILES string of the molecule is CC(C(=O)N(C)CC(N)=O)n1cccn1. The number of carbonyl (C=O) groups is 2. The van der Waals surface area contributed by atoms with E-state index < -0.39 is 11.9 Å². The number of hydrogen-bond acceptors (Lipinski definition) is 3. The third-order valence-corrected chi connectivity index (χ3v) is 2.05. The number of primary amides is 1. The quantitative estimate of drug-likeness (QED) is 0.719. The lowest BCUT2D eigenvalue weighted by Crippen LogP contribution is -2.39. The average molecular weight is 210 g/mol. The Balaban J connectivity index is 2.64. The van der Waals surface area contributed by atoms with Gasteiger partial charge >= 0.3 is 0 Å². The summed E-state index contributed by atoms with van der Waals surface area (Å²) in [5.41, 5.74) is 4.99. The van der Waals surface area contributed by atoms with Gasteiger partial charge in [0.15, 0.2) is 0 Å². The summed E-state index contributed by atoms with van der Waals surface area (Å²) in [6.45, 7) is 1.64. The van der Waals surface area contributed by atoms with Crippen LogP contribution in [0.4, 0.5) is 0 Å². The molecule has 0 saturated heterocycles. The largest absolute Gasteiger partial charge is 0.368 e.